The van der Waals surface area contributed by atoms with Gasteiger partial charge in [-0.25, -0.2) is 0 Å². The summed E-state index contributed by atoms with van der Waals surface area (Å²) in [5, 5.41) is 0.874. The second kappa shape index (κ2) is 9.09. The van der Waals surface area contributed by atoms with E-state index in [9.17, 15) is 9.59 Å². The second-order valence-electron chi connectivity index (χ2n) is 6.42. The van der Waals surface area contributed by atoms with Crippen LogP contribution in [-0.2, 0) is 11.2 Å². The highest BCUT2D eigenvalue weighted by atomic mass is 79.9. The van der Waals surface area contributed by atoms with Crippen molar-refractivity contribution in [2.24, 2.45) is 0 Å². The third-order valence-electron chi connectivity index (χ3n) is 4.60. The second-order valence-corrected chi connectivity index (χ2v) is 8.15. The first kappa shape index (κ1) is 20.2. The van der Waals surface area contributed by atoms with Crippen molar-refractivity contribution in [1.82, 2.24) is 9.80 Å². The summed E-state index contributed by atoms with van der Waals surface area (Å²) >= 11 is 15.5. The van der Waals surface area contributed by atoms with E-state index in [2.05, 4.69) is 15.9 Å². The van der Waals surface area contributed by atoms with Crippen LogP contribution in [-0.4, -0.2) is 47.8 Å². The molecule has 0 radical (unpaired) electrons. The van der Waals surface area contributed by atoms with E-state index in [-0.39, 0.29) is 11.8 Å². The number of rotatable bonds is 4. The zero-order valence-corrected chi connectivity index (χ0v) is 17.7. The lowest BCUT2D eigenvalue weighted by Gasteiger charge is -2.35. The molecule has 0 unspecified atom stereocenters. The summed E-state index contributed by atoms with van der Waals surface area (Å²) in [4.78, 5) is 28.7. The van der Waals surface area contributed by atoms with Crippen LogP contribution >= 0.6 is 39.1 Å². The van der Waals surface area contributed by atoms with Crippen LogP contribution in [0.1, 0.15) is 22.3 Å². The Hall–Kier alpha value is -1.56. The number of carbonyl (C=O) groups excluding carboxylic acids is 2. The maximum Gasteiger partial charge on any atom is 0.254 e. The Morgan fingerprint density at radius 3 is 2.15 bits per heavy atom. The van der Waals surface area contributed by atoms with Crippen molar-refractivity contribution in [2.75, 3.05) is 26.2 Å². The van der Waals surface area contributed by atoms with Crippen molar-refractivity contribution < 1.29 is 9.59 Å². The topological polar surface area (TPSA) is 40.6 Å². The fraction of sp³-hybridized carbons (Fsp3) is 0.300. The van der Waals surface area contributed by atoms with Crippen LogP contribution in [0.15, 0.2) is 46.9 Å². The van der Waals surface area contributed by atoms with E-state index < -0.39 is 0 Å². The first-order valence-electron chi connectivity index (χ1n) is 8.70. The number of amides is 2. The van der Waals surface area contributed by atoms with Gasteiger partial charge in [-0.1, -0.05) is 57.3 Å². The van der Waals surface area contributed by atoms with Crippen LogP contribution in [0.5, 0.6) is 0 Å². The molecule has 2 aromatic rings. The predicted molar refractivity (Wildman–Crippen MR) is 111 cm³/mol. The van der Waals surface area contributed by atoms with Gasteiger partial charge in [-0.15, -0.1) is 0 Å². The lowest BCUT2D eigenvalue weighted by atomic mass is 10.1. The van der Waals surface area contributed by atoms with Crippen LogP contribution < -0.4 is 0 Å². The first-order valence-corrected chi connectivity index (χ1v) is 10.3. The summed E-state index contributed by atoms with van der Waals surface area (Å²) in [6, 6.07) is 12.8. The van der Waals surface area contributed by atoms with Gasteiger partial charge in [0.15, 0.2) is 0 Å². The van der Waals surface area contributed by atoms with Gasteiger partial charge in [0, 0.05) is 52.7 Å². The number of piperazine rings is 1. The Morgan fingerprint density at radius 1 is 0.926 bits per heavy atom. The smallest absolute Gasteiger partial charge is 0.254 e. The van der Waals surface area contributed by atoms with E-state index in [1.54, 1.807) is 23.1 Å². The monoisotopic (exact) mass is 468 g/mol. The number of hydrogen-bond donors (Lipinski definition) is 0. The molecule has 4 nitrogen and oxygen atoms in total. The predicted octanol–water partition coefficient (Wildman–Crippen LogP) is 4.67. The van der Waals surface area contributed by atoms with E-state index in [1.165, 1.54) is 0 Å². The van der Waals surface area contributed by atoms with Gasteiger partial charge >= 0.3 is 0 Å². The summed E-state index contributed by atoms with van der Waals surface area (Å²) in [6.07, 6.45) is 1.15. The minimum absolute atomic E-state index is 0.111. The molecule has 7 heteroatoms. The third-order valence-corrected chi connectivity index (χ3v) is 5.81. The Bertz CT molecular complexity index is 831. The van der Waals surface area contributed by atoms with Gasteiger partial charge in [0.05, 0.1) is 0 Å². The van der Waals surface area contributed by atoms with Crippen molar-refractivity contribution in [3.05, 3.63) is 68.1 Å². The fourth-order valence-corrected chi connectivity index (χ4v) is 4.13. The molecule has 0 saturated carbocycles. The molecule has 1 aliphatic rings. The molecule has 0 aromatic heterocycles. The molecule has 0 aliphatic carbocycles. The first-order chi connectivity index (χ1) is 12.9. The molecule has 3 rings (SSSR count). The highest BCUT2D eigenvalue weighted by Crippen LogP contribution is 2.21. The lowest BCUT2D eigenvalue weighted by molar-refractivity contribution is -0.132. The summed E-state index contributed by atoms with van der Waals surface area (Å²) in [5.74, 6) is 0.00312. The summed E-state index contributed by atoms with van der Waals surface area (Å²) in [7, 11) is 0. The lowest BCUT2D eigenvalue weighted by Crippen LogP contribution is -2.50. The molecule has 142 valence electrons. The van der Waals surface area contributed by atoms with Crippen molar-refractivity contribution in [1.29, 1.82) is 0 Å². The van der Waals surface area contributed by atoms with Crippen molar-refractivity contribution >= 4 is 50.9 Å². The molecule has 1 heterocycles. The molecule has 0 atom stereocenters. The van der Waals surface area contributed by atoms with Gasteiger partial charge in [0.1, 0.15) is 0 Å². The maximum atomic E-state index is 12.6. The molecule has 27 heavy (non-hydrogen) atoms. The Labute approximate surface area is 177 Å². The SMILES string of the molecule is O=C(CCc1ccccc1Br)N1CCN(C(=O)c2cc(Cl)cc(Cl)c2)CC1. The minimum Gasteiger partial charge on any atom is -0.339 e. The number of aryl methyl sites for hydroxylation is 1. The molecule has 0 N–H and O–H groups in total. The van der Waals surface area contributed by atoms with Crippen LogP contribution in [0.2, 0.25) is 10.0 Å². The van der Waals surface area contributed by atoms with Crippen LogP contribution in [0.25, 0.3) is 0 Å². The van der Waals surface area contributed by atoms with Crippen molar-refractivity contribution in [2.45, 2.75) is 12.8 Å². The largest absolute Gasteiger partial charge is 0.339 e. The number of benzene rings is 2. The highest BCUT2D eigenvalue weighted by Gasteiger charge is 2.25. The summed E-state index contributed by atoms with van der Waals surface area (Å²) in [6.45, 7) is 2.08. The number of hydrogen-bond acceptors (Lipinski definition) is 2. The molecular formula is C20H19BrCl2N2O2. The zero-order chi connectivity index (χ0) is 19.4. The highest BCUT2D eigenvalue weighted by molar-refractivity contribution is 9.10. The third kappa shape index (κ3) is 5.24. The molecule has 2 aromatic carbocycles. The molecule has 1 saturated heterocycles. The van der Waals surface area contributed by atoms with Gasteiger partial charge < -0.3 is 9.80 Å². The van der Waals surface area contributed by atoms with Gasteiger partial charge in [0.2, 0.25) is 5.91 Å². The zero-order valence-electron chi connectivity index (χ0n) is 14.6. The Kier molecular flexibility index (Phi) is 6.79. The maximum absolute atomic E-state index is 12.6. The van der Waals surface area contributed by atoms with Crippen LogP contribution in [0.4, 0.5) is 0 Å². The Balaban J connectivity index is 1.53. The molecule has 0 spiro atoms. The van der Waals surface area contributed by atoms with Crippen molar-refractivity contribution in [3.8, 4) is 0 Å². The van der Waals surface area contributed by atoms with Gasteiger partial charge in [0.25, 0.3) is 5.91 Å². The van der Waals surface area contributed by atoms with Gasteiger partial charge in [-0.05, 0) is 36.2 Å². The number of halogens is 3. The average Bonchev–Trinajstić information content (AvgIpc) is 2.66. The van der Waals surface area contributed by atoms with E-state index >= 15 is 0 Å². The molecule has 2 amide bonds. The van der Waals surface area contributed by atoms with E-state index in [1.807, 2.05) is 29.2 Å². The number of nitrogens with zero attached hydrogens (tertiary/aromatic N) is 2. The van der Waals surface area contributed by atoms with Gasteiger partial charge in [-0.3, -0.25) is 9.59 Å². The normalized spacial score (nSPS) is 14.3. The minimum atomic E-state index is -0.111. The Morgan fingerprint density at radius 2 is 1.52 bits per heavy atom. The fourth-order valence-electron chi connectivity index (χ4n) is 3.12. The molecule has 1 fully saturated rings. The average molecular weight is 470 g/mol. The quantitative estimate of drug-likeness (QED) is 0.652. The summed E-state index contributed by atoms with van der Waals surface area (Å²) in [5.41, 5.74) is 1.60. The summed E-state index contributed by atoms with van der Waals surface area (Å²) < 4.78 is 1.02. The van der Waals surface area contributed by atoms with E-state index in [0.29, 0.717) is 54.6 Å². The van der Waals surface area contributed by atoms with E-state index in [4.69, 9.17) is 23.2 Å². The van der Waals surface area contributed by atoms with Crippen molar-refractivity contribution in [3.63, 3.8) is 0 Å². The van der Waals surface area contributed by atoms with Crippen LogP contribution in [0, 0.1) is 0 Å². The molecule has 1 aliphatic heterocycles. The molecule has 0 bridgehead atoms. The van der Waals surface area contributed by atoms with Crippen LogP contribution in [0.3, 0.4) is 0 Å². The number of carbonyl (C=O) groups is 2. The van der Waals surface area contributed by atoms with E-state index in [0.717, 1.165) is 10.0 Å². The molecular weight excluding hydrogens is 451 g/mol. The van der Waals surface area contributed by atoms with Gasteiger partial charge in [-0.2, -0.15) is 0 Å². The standard InChI is InChI=1S/C20H19BrCl2N2O2/c21-18-4-2-1-3-14(18)5-6-19(26)24-7-9-25(10-8-24)20(27)15-11-16(22)13-17(23)12-15/h1-4,11-13H,5-10H2.